The summed E-state index contributed by atoms with van der Waals surface area (Å²) >= 11 is 0. The largest absolute Gasteiger partial charge is 0.488 e. The molecule has 0 aromatic heterocycles. The molecular weight excluding hydrogens is 200 g/mol. The summed E-state index contributed by atoms with van der Waals surface area (Å²) in [6, 6.07) is 9.72. The molecule has 0 saturated heterocycles. The quantitative estimate of drug-likeness (QED) is 0.773. The molecule has 2 heteroatoms. The highest BCUT2D eigenvalue weighted by molar-refractivity contribution is 5.21. The highest BCUT2D eigenvalue weighted by Crippen LogP contribution is 2.20. The van der Waals surface area contributed by atoms with Crippen LogP contribution in [-0.2, 0) is 0 Å². The first-order valence-corrected chi connectivity index (χ1v) is 5.91. The zero-order valence-electron chi connectivity index (χ0n) is 9.38. The van der Waals surface area contributed by atoms with E-state index in [4.69, 9.17) is 4.74 Å². The van der Waals surface area contributed by atoms with Gasteiger partial charge in [-0.15, -0.1) is 0 Å². The average Bonchev–Trinajstić information content (AvgIpc) is 2.30. The minimum atomic E-state index is -0.356. The second-order valence-corrected chi connectivity index (χ2v) is 4.16. The molecule has 1 aromatic carbocycles. The molecule has 1 aliphatic carbocycles. The summed E-state index contributed by atoms with van der Waals surface area (Å²) in [6.45, 7) is 0. The Balaban J connectivity index is 1.99. The van der Waals surface area contributed by atoms with Crippen molar-refractivity contribution in [3.63, 3.8) is 0 Å². The third kappa shape index (κ3) is 3.11. The van der Waals surface area contributed by atoms with Gasteiger partial charge in [0.2, 0.25) is 0 Å². The Labute approximate surface area is 96.6 Å². The van der Waals surface area contributed by atoms with E-state index in [1.165, 1.54) is 0 Å². The minimum Gasteiger partial charge on any atom is -0.488 e. The molecule has 0 aliphatic heterocycles. The summed E-state index contributed by atoms with van der Waals surface area (Å²) in [4.78, 5) is 0. The molecule has 1 aromatic rings. The van der Waals surface area contributed by atoms with Crippen molar-refractivity contribution in [3.8, 4) is 5.75 Å². The first-order chi connectivity index (χ1) is 7.86. The van der Waals surface area contributed by atoms with Crippen molar-refractivity contribution in [1.82, 2.24) is 0 Å². The van der Waals surface area contributed by atoms with Crippen LogP contribution < -0.4 is 4.74 Å². The lowest BCUT2D eigenvalue weighted by Crippen LogP contribution is -2.32. The molecular formula is C14H18O2. The lowest BCUT2D eigenvalue weighted by atomic mass is 10.0. The van der Waals surface area contributed by atoms with Crippen molar-refractivity contribution in [2.75, 3.05) is 0 Å². The number of para-hydroxylation sites is 1. The Morgan fingerprint density at radius 3 is 2.44 bits per heavy atom. The molecule has 0 amide bonds. The Hall–Kier alpha value is -1.28. The van der Waals surface area contributed by atoms with Crippen molar-refractivity contribution in [3.05, 3.63) is 42.5 Å². The van der Waals surface area contributed by atoms with Crippen LogP contribution in [-0.4, -0.2) is 17.3 Å². The van der Waals surface area contributed by atoms with Crippen molar-refractivity contribution in [2.45, 2.75) is 37.9 Å². The van der Waals surface area contributed by atoms with E-state index in [0.29, 0.717) is 0 Å². The number of benzene rings is 1. The summed E-state index contributed by atoms with van der Waals surface area (Å²) in [7, 11) is 0. The Morgan fingerprint density at radius 1 is 1.00 bits per heavy atom. The number of hydrogen-bond donors (Lipinski definition) is 1. The maximum atomic E-state index is 9.98. The van der Waals surface area contributed by atoms with Gasteiger partial charge in [0, 0.05) is 0 Å². The molecule has 0 bridgehead atoms. The van der Waals surface area contributed by atoms with E-state index in [0.717, 1.165) is 31.4 Å². The first-order valence-electron chi connectivity index (χ1n) is 5.91. The van der Waals surface area contributed by atoms with Gasteiger partial charge >= 0.3 is 0 Å². The summed E-state index contributed by atoms with van der Waals surface area (Å²) in [5.41, 5.74) is 0. The third-order valence-electron chi connectivity index (χ3n) is 2.87. The van der Waals surface area contributed by atoms with Gasteiger partial charge in [0.25, 0.3) is 0 Å². The van der Waals surface area contributed by atoms with Crippen LogP contribution in [0.3, 0.4) is 0 Å². The van der Waals surface area contributed by atoms with E-state index in [-0.39, 0.29) is 12.2 Å². The zero-order valence-corrected chi connectivity index (χ0v) is 9.38. The third-order valence-corrected chi connectivity index (χ3v) is 2.87. The second-order valence-electron chi connectivity index (χ2n) is 4.16. The maximum absolute atomic E-state index is 9.98. The van der Waals surface area contributed by atoms with Gasteiger partial charge in [-0.05, 0) is 37.8 Å². The summed E-state index contributed by atoms with van der Waals surface area (Å²) < 4.78 is 5.82. The number of aliphatic hydroxyl groups is 1. The Bertz CT molecular complexity index is 332. The van der Waals surface area contributed by atoms with E-state index in [2.05, 4.69) is 12.2 Å². The molecule has 0 fully saturated rings. The Morgan fingerprint density at radius 2 is 1.69 bits per heavy atom. The molecule has 86 valence electrons. The molecule has 1 N–H and O–H groups in total. The number of rotatable bonds is 2. The summed E-state index contributed by atoms with van der Waals surface area (Å²) in [5.74, 6) is 0.844. The van der Waals surface area contributed by atoms with Gasteiger partial charge in [0.1, 0.15) is 11.9 Å². The van der Waals surface area contributed by atoms with Crippen LogP contribution >= 0.6 is 0 Å². The van der Waals surface area contributed by atoms with Gasteiger partial charge in [-0.25, -0.2) is 0 Å². The molecule has 2 nitrogen and oxygen atoms in total. The minimum absolute atomic E-state index is 0.0765. The molecule has 1 aliphatic rings. The number of hydrogen-bond acceptors (Lipinski definition) is 2. The number of aliphatic hydroxyl groups excluding tert-OH is 1. The van der Waals surface area contributed by atoms with Crippen LogP contribution in [0.2, 0.25) is 0 Å². The molecule has 0 spiro atoms. The molecule has 2 rings (SSSR count). The van der Waals surface area contributed by atoms with E-state index in [9.17, 15) is 5.11 Å². The van der Waals surface area contributed by atoms with Gasteiger partial charge in [-0.2, -0.15) is 0 Å². The molecule has 0 radical (unpaired) electrons. The molecule has 0 saturated carbocycles. The van der Waals surface area contributed by atoms with Gasteiger partial charge in [-0.1, -0.05) is 30.4 Å². The zero-order chi connectivity index (χ0) is 11.2. The molecule has 16 heavy (non-hydrogen) atoms. The standard InChI is InChI=1S/C14H18O2/c15-13-10-6-1-2-7-11-14(13)16-12-8-4-3-5-9-12/h1-5,8-9,13-15H,6-7,10-11H2/b2-1-/t13-,14+/m0/s1. The van der Waals surface area contributed by atoms with Crippen LogP contribution in [0.5, 0.6) is 5.75 Å². The highest BCUT2D eigenvalue weighted by atomic mass is 16.5. The first kappa shape index (κ1) is 11.2. The Kier molecular flexibility index (Phi) is 4.00. The summed E-state index contributed by atoms with van der Waals surface area (Å²) in [5, 5.41) is 9.98. The lowest BCUT2D eigenvalue weighted by molar-refractivity contribution is 0.0261. The van der Waals surface area contributed by atoms with E-state index >= 15 is 0 Å². The topological polar surface area (TPSA) is 29.5 Å². The molecule has 0 heterocycles. The fourth-order valence-electron chi connectivity index (χ4n) is 1.95. The number of ether oxygens (including phenoxy) is 1. The average molecular weight is 218 g/mol. The smallest absolute Gasteiger partial charge is 0.125 e. The van der Waals surface area contributed by atoms with Crippen molar-refractivity contribution >= 4 is 0 Å². The van der Waals surface area contributed by atoms with Crippen LogP contribution in [0.1, 0.15) is 25.7 Å². The van der Waals surface area contributed by atoms with Gasteiger partial charge in [0.15, 0.2) is 0 Å². The van der Waals surface area contributed by atoms with Crippen molar-refractivity contribution < 1.29 is 9.84 Å². The van der Waals surface area contributed by atoms with Crippen LogP contribution in [0.15, 0.2) is 42.5 Å². The molecule has 2 atom stereocenters. The van der Waals surface area contributed by atoms with E-state index in [1.807, 2.05) is 30.3 Å². The van der Waals surface area contributed by atoms with Gasteiger partial charge in [-0.3, -0.25) is 0 Å². The van der Waals surface area contributed by atoms with Crippen molar-refractivity contribution in [1.29, 1.82) is 0 Å². The normalized spacial score (nSPS) is 27.8. The van der Waals surface area contributed by atoms with Crippen LogP contribution in [0, 0.1) is 0 Å². The molecule has 0 unspecified atom stereocenters. The van der Waals surface area contributed by atoms with Crippen LogP contribution in [0.25, 0.3) is 0 Å². The van der Waals surface area contributed by atoms with E-state index < -0.39 is 0 Å². The predicted octanol–water partition coefficient (Wildman–Crippen LogP) is 2.93. The maximum Gasteiger partial charge on any atom is 0.125 e. The van der Waals surface area contributed by atoms with Crippen molar-refractivity contribution in [2.24, 2.45) is 0 Å². The second kappa shape index (κ2) is 5.71. The summed E-state index contributed by atoms with van der Waals surface area (Å²) in [6.07, 6.45) is 7.47. The van der Waals surface area contributed by atoms with Gasteiger partial charge < -0.3 is 9.84 Å². The van der Waals surface area contributed by atoms with Crippen LogP contribution in [0.4, 0.5) is 0 Å². The fraction of sp³-hybridized carbons (Fsp3) is 0.429. The number of allylic oxidation sites excluding steroid dienone is 2. The fourth-order valence-corrected chi connectivity index (χ4v) is 1.95. The lowest BCUT2D eigenvalue weighted by Gasteiger charge is -2.24. The van der Waals surface area contributed by atoms with E-state index in [1.54, 1.807) is 0 Å². The highest BCUT2D eigenvalue weighted by Gasteiger charge is 2.20. The SMILES string of the molecule is O[C@H]1CC/C=C\CC[C@H]1Oc1ccccc1. The predicted molar refractivity (Wildman–Crippen MR) is 64.5 cm³/mol. The monoisotopic (exact) mass is 218 g/mol. The van der Waals surface area contributed by atoms with Gasteiger partial charge in [0.05, 0.1) is 6.10 Å².